The molecule has 0 N–H and O–H groups in total. The summed E-state index contributed by atoms with van der Waals surface area (Å²) >= 11 is 0. The molecule has 84 valence electrons. The average Bonchev–Trinajstić information content (AvgIpc) is 2.24. The number of rotatable bonds is 4. The first-order valence-corrected chi connectivity index (χ1v) is 5.24. The number of benzene rings is 1. The van der Waals surface area contributed by atoms with Crippen LogP contribution in [0.3, 0.4) is 0 Å². The fraction of sp³-hybridized carbons (Fsp3) is 0.333. The molecule has 16 heavy (non-hydrogen) atoms. The van der Waals surface area contributed by atoms with Crippen molar-refractivity contribution in [3.8, 4) is 5.75 Å². The molecule has 1 aliphatic carbocycles. The van der Waals surface area contributed by atoms with Gasteiger partial charge in [0.25, 0.3) is 0 Å². The predicted molar refractivity (Wildman–Crippen MR) is 55.9 cm³/mol. The highest BCUT2D eigenvalue weighted by Gasteiger charge is 2.28. The van der Waals surface area contributed by atoms with Crippen LogP contribution in [-0.4, -0.2) is 12.3 Å². The summed E-state index contributed by atoms with van der Waals surface area (Å²) in [5.41, 5.74) is 0.365. The zero-order chi connectivity index (χ0) is 11.4. The van der Waals surface area contributed by atoms with Crippen LogP contribution in [0.1, 0.15) is 29.6 Å². The smallest absolute Gasteiger partial charge is 0.298 e. The van der Waals surface area contributed by atoms with Gasteiger partial charge in [-0.05, 0) is 25.0 Å². The third-order valence-corrected chi connectivity index (χ3v) is 2.70. The zero-order valence-corrected chi connectivity index (χ0v) is 8.72. The van der Waals surface area contributed by atoms with Crippen molar-refractivity contribution in [3.63, 3.8) is 0 Å². The van der Waals surface area contributed by atoms with E-state index in [4.69, 9.17) is 4.89 Å². The van der Waals surface area contributed by atoms with Gasteiger partial charge in [0, 0.05) is 0 Å². The minimum atomic E-state index is -0.355. The minimum absolute atomic E-state index is 0.0385. The van der Waals surface area contributed by atoms with E-state index in [1.54, 1.807) is 24.3 Å². The molecule has 0 unspecified atom stereocenters. The van der Waals surface area contributed by atoms with Crippen molar-refractivity contribution < 1.29 is 19.4 Å². The van der Waals surface area contributed by atoms with Crippen LogP contribution in [0.2, 0.25) is 0 Å². The molecule has 4 nitrogen and oxygen atoms in total. The molecule has 1 saturated carbocycles. The third kappa shape index (κ3) is 2.21. The number of carbonyl (C=O) groups excluding carboxylic acids is 2. The van der Waals surface area contributed by atoms with E-state index in [9.17, 15) is 9.59 Å². The summed E-state index contributed by atoms with van der Waals surface area (Å²) in [6, 6.07) is 6.60. The second kappa shape index (κ2) is 4.79. The van der Waals surface area contributed by atoms with Crippen molar-refractivity contribution in [2.24, 2.45) is 5.92 Å². The van der Waals surface area contributed by atoms with Gasteiger partial charge in [-0.2, -0.15) is 0 Å². The van der Waals surface area contributed by atoms with Gasteiger partial charge in [0.05, 0.1) is 11.5 Å². The Hall–Kier alpha value is -1.84. The summed E-state index contributed by atoms with van der Waals surface area (Å²) in [5.74, 6) is -0.125. The summed E-state index contributed by atoms with van der Waals surface area (Å²) in [5, 5.41) is 0. The standard InChI is InChI=1S/C12H12O4/c13-8-10-4-1-2-7-11(10)15-16-12(14)9-5-3-6-9/h1-2,4,7-9H,3,5-6H2. The molecule has 0 amide bonds. The van der Waals surface area contributed by atoms with Crippen LogP contribution in [0.15, 0.2) is 24.3 Å². The lowest BCUT2D eigenvalue weighted by atomic mass is 9.86. The first-order chi connectivity index (χ1) is 7.81. The summed E-state index contributed by atoms with van der Waals surface area (Å²) < 4.78 is 0. The lowest BCUT2D eigenvalue weighted by Crippen LogP contribution is -2.25. The molecule has 0 bridgehead atoms. The van der Waals surface area contributed by atoms with E-state index in [-0.39, 0.29) is 17.6 Å². The Balaban J connectivity index is 1.93. The van der Waals surface area contributed by atoms with Crippen molar-refractivity contribution in [2.45, 2.75) is 19.3 Å². The van der Waals surface area contributed by atoms with Gasteiger partial charge >= 0.3 is 5.97 Å². The molecule has 0 aromatic heterocycles. The van der Waals surface area contributed by atoms with Crippen LogP contribution < -0.4 is 4.89 Å². The highest BCUT2D eigenvalue weighted by molar-refractivity contribution is 5.79. The van der Waals surface area contributed by atoms with Gasteiger partial charge in [-0.25, -0.2) is 4.79 Å². The van der Waals surface area contributed by atoms with E-state index < -0.39 is 0 Å². The Labute approximate surface area is 93.1 Å². The van der Waals surface area contributed by atoms with Gasteiger partial charge in [0.2, 0.25) is 0 Å². The lowest BCUT2D eigenvalue weighted by molar-refractivity contribution is -0.221. The fourth-order valence-electron chi connectivity index (χ4n) is 1.45. The molecule has 1 aromatic carbocycles. The van der Waals surface area contributed by atoms with Crippen molar-refractivity contribution in [1.82, 2.24) is 0 Å². The van der Waals surface area contributed by atoms with Crippen LogP contribution in [0.4, 0.5) is 0 Å². The Morgan fingerprint density at radius 1 is 1.31 bits per heavy atom. The Kier molecular flexibility index (Phi) is 3.19. The molecule has 0 radical (unpaired) electrons. The molecule has 0 spiro atoms. The Morgan fingerprint density at radius 2 is 2.06 bits per heavy atom. The zero-order valence-electron chi connectivity index (χ0n) is 8.72. The lowest BCUT2D eigenvalue weighted by Gasteiger charge is -2.21. The predicted octanol–water partition coefficient (Wildman–Crippen LogP) is 2.14. The molecule has 4 heteroatoms. The van der Waals surface area contributed by atoms with Crippen molar-refractivity contribution >= 4 is 12.3 Å². The normalized spacial score (nSPS) is 15.0. The summed E-state index contributed by atoms with van der Waals surface area (Å²) in [6.07, 6.45) is 3.44. The summed E-state index contributed by atoms with van der Waals surface area (Å²) in [7, 11) is 0. The topological polar surface area (TPSA) is 52.6 Å². The van der Waals surface area contributed by atoms with E-state index in [0.29, 0.717) is 11.8 Å². The van der Waals surface area contributed by atoms with Crippen LogP contribution in [0.5, 0.6) is 5.75 Å². The molecule has 2 rings (SSSR count). The van der Waals surface area contributed by atoms with Crippen molar-refractivity contribution in [2.75, 3.05) is 0 Å². The van der Waals surface area contributed by atoms with E-state index in [0.717, 1.165) is 19.3 Å². The maximum absolute atomic E-state index is 11.4. The Morgan fingerprint density at radius 3 is 2.69 bits per heavy atom. The van der Waals surface area contributed by atoms with E-state index in [2.05, 4.69) is 4.89 Å². The van der Waals surface area contributed by atoms with Crippen LogP contribution in [0.25, 0.3) is 0 Å². The number of aldehydes is 1. The third-order valence-electron chi connectivity index (χ3n) is 2.70. The first kappa shape index (κ1) is 10.7. The van der Waals surface area contributed by atoms with Crippen LogP contribution in [-0.2, 0) is 9.68 Å². The highest BCUT2D eigenvalue weighted by Crippen LogP contribution is 2.27. The highest BCUT2D eigenvalue weighted by atomic mass is 17.2. The quantitative estimate of drug-likeness (QED) is 0.443. The molecule has 1 fully saturated rings. The van der Waals surface area contributed by atoms with E-state index in [1.165, 1.54) is 0 Å². The van der Waals surface area contributed by atoms with Gasteiger partial charge in [-0.1, -0.05) is 18.6 Å². The second-order valence-electron chi connectivity index (χ2n) is 3.77. The molecule has 1 aliphatic rings. The number of hydrogen-bond acceptors (Lipinski definition) is 4. The SMILES string of the molecule is O=Cc1ccccc1OOC(=O)C1CCC1. The summed E-state index contributed by atoms with van der Waals surface area (Å²) in [4.78, 5) is 31.6. The maximum atomic E-state index is 11.4. The van der Waals surface area contributed by atoms with Crippen LogP contribution >= 0.6 is 0 Å². The molecule has 0 saturated heterocycles. The van der Waals surface area contributed by atoms with E-state index in [1.807, 2.05) is 0 Å². The number of carbonyl (C=O) groups is 2. The van der Waals surface area contributed by atoms with Gasteiger partial charge in [-0.15, -0.1) is 0 Å². The van der Waals surface area contributed by atoms with Gasteiger partial charge < -0.3 is 0 Å². The molecule has 0 atom stereocenters. The van der Waals surface area contributed by atoms with Gasteiger partial charge in [-0.3, -0.25) is 14.6 Å². The van der Waals surface area contributed by atoms with Gasteiger partial charge in [0.15, 0.2) is 12.0 Å². The molecule has 0 aliphatic heterocycles. The van der Waals surface area contributed by atoms with Crippen LogP contribution in [0, 0.1) is 5.92 Å². The Bertz CT molecular complexity index is 396. The monoisotopic (exact) mass is 220 g/mol. The number of para-hydroxylation sites is 1. The van der Waals surface area contributed by atoms with Crippen molar-refractivity contribution in [1.29, 1.82) is 0 Å². The first-order valence-electron chi connectivity index (χ1n) is 5.24. The summed E-state index contributed by atoms with van der Waals surface area (Å²) in [6.45, 7) is 0. The second-order valence-corrected chi connectivity index (χ2v) is 3.77. The van der Waals surface area contributed by atoms with Crippen molar-refractivity contribution in [3.05, 3.63) is 29.8 Å². The molecular formula is C12H12O4. The van der Waals surface area contributed by atoms with E-state index >= 15 is 0 Å². The largest absolute Gasteiger partial charge is 0.358 e. The maximum Gasteiger partial charge on any atom is 0.358 e. The molecular weight excluding hydrogens is 208 g/mol. The number of hydrogen-bond donors (Lipinski definition) is 0. The molecule has 1 aromatic rings. The average molecular weight is 220 g/mol. The minimum Gasteiger partial charge on any atom is -0.298 e. The molecule has 0 heterocycles. The fourth-order valence-corrected chi connectivity index (χ4v) is 1.45. The van der Waals surface area contributed by atoms with Gasteiger partial charge in [0.1, 0.15) is 0 Å².